The zero-order chi connectivity index (χ0) is 10.9. The number of hydrogen-bond donors (Lipinski definition) is 0. The van der Waals surface area contributed by atoms with Gasteiger partial charge in [-0.15, -0.1) is 0 Å². The molecule has 15 heavy (non-hydrogen) atoms. The van der Waals surface area contributed by atoms with Crippen LogP contribution < -0.4 is 0 Å². The average molecular weight is 326 g/mol. The molecule has 1 saturated heterocycles. The van der Waals surface area contributed by atoms with Crippen LogP contribution in [0.4, 0.5) is 0 Å². The minimum Gasteiger partial charge on any atom is -0.465 e. The zero-order valence-electron chi connectivity index (χ0n) is 9.04. The molecule has 0 N–H and O–H groups in total. The molecule has 1 aliphatic rings. The summed E-state index contributed by atoms with van der Waals surface area (Å²) in [5.74, 6) is -0.0838. The van der Waals surface area contributed by atoms with Crippen molar-refractivity contribution in [3.8, 4) is 0 Å². The quantitative estimate of drug-likeness (QED) is 0.390. The molecule has 0 radical (unpaired) electrons. The normalized spacial score (nSPS) is 27.0. The Kier molecular flexibility index (Phi) is 7.34. The van der Waals surface area contributed by atoms with E-state index >= 15 is 0 Å². The molecule has 1 unspecified atom stereocenters. The van der Waals surface area contributed by atoms with E-state index in [1.807, 2.05) is 0 Å². The summed E-state index contributed by atoms with van der Waals surface area (Å²) in [4.78, 5) is 11.2. The minimum absolute atomic E-state index is 0.0838. The average Bonchev–Trinajstić information content (AvgIpc) is 2.24. The van der Waals surface area contributed by atoms with Crippen molar-refractivity contribution in [2.45, 2.75) is 42.4 Å². The molecule has 1 aliphatic heterocycles. The number of cyclic esters (lactones) is 1. The number of carbonyl (C=O) groups is 1. The van der Waals surface area contributed by atoms with Crippen LogP contribution in [0.1, 0.15) is 38.5 Å². The van der Waals surface area contributed by atoms with Gasteiger partial charge in [0.15, 0.2) is 0 Å². The third-order valence-corrected chi connectivity index (χ3v) is 3.38. The van der Waals surface area contributed by atoms with Crippen molar-refractivity contribution in [2.75, 3.05) is 19.8 Å². The number of alkyl halides is 1. The topological polar surface area (TPSA) is 35.5 Å². The Morgan fingerprint density at radius 3 is 2.80 bits per heavy atom. The van der Waals surface area contributed by atoms with Crippen LogP contribution in [0.2, 0.25) is 0 Å². The fraction of sp³-hybridized carbons (Fsp3) is 0.909. The summed E-state index contributed by atoms with van der Waals surface area (Å²) in [6, 6.07) is 0. The summed E-state index contributed by atoms with van der Waals surface area (Å²) in [6.07, 6.45) is 5.96. The van der Waals surface area contributed by atoms with Gasteiger partial charge in [0.1, 0.15) is 6.61 Å². The maximum absolute atomic E-state index is 11.2. The van der Waals surface area contributed by atoms with Gasteiger partial charge in [-0.3, -0.25) is 4.79 Å². The van der Waals surface area contributed by atoms with Crippen molar-refractivity contribution in [1.82, 2.24) is 0 Å². The predicted molar refractivity (Wildman–Crippen MR) is 67.3 cm³/mol. The fourth-order valence-electron chi connectivity index (χ4n) is 1.51. The van der Waals surface area contributed by atoms with Gasteiger partial charge in [0.25, 0.3) is 0 Å². The van der Waals surface area contributed by atoms with Gasteiger partial charge >= 0.3 is 5.97 Å². The molecule has 3 nitrogen and oxygen atoms in total. The molecule has 1 rings (SSSR count). The highest BCUT2D eigenvalue weighted by Gasteiger charge is 2.09. The second kappa shape index (κ2) is 8.33. The predicted octanol–water partition coefficient (Wildman–Crippen LogP) is 2.70. The largest absolute Gasteiger partial charge is 0.465 e. The Labute approximate surface area is 105 Å². The van der Waals surface area contributed by atoms with Gasteiger partial charge in [-0.05, 0) is 19.3 Å². The van der Waals surface area contributed by atoms with Crippen LogP contribution in [-0.2, 0) is 14.3 Å². The van der Waals surface area contributed by atoms with E-state index in [-0.39, 0.29) is 5.97 Å². The molecular weight excluding hydrogens is 307 g/mol. The van der Waals surface area contributed by atoms with Crippen molar-refractivity contribution >= 4 is 28.6 Å². The first-order chi connectivity index (χ1) is 7.29. The first-order valence-electron chi connectivity index (χ1n) is 5.66. The summed E-state index contributed by atoms with van der Waals surface area (Å²) in [7, 11) is 0. The Morgan fingerprint density at radius 1 is 1.13 bits per heavy atom. The standard InChI is InChI=1S/C11H19IO3/c12-10-5-2-1-3-7-14-8-4-6-11(13)15-9-10/h10H,1-9H2. The summed E-state index contributed by atoms with van der Waals surface area (Å²) in [5, 5.41) is 0. The van der Waals surface area contributed by atoms with Crippen LogP contribution in [0, 0.1) is 0 Å². The van der Waals surface area contributed by atoms with Gasteiger partial charge in [-0.25, -0.2) is 0 Å². The maximum Gasteiger partial charge on any atom is 0.305 e. The van der Waals surface area contributed by atoms with Crippen LogP contribution in [0.3, 0.4) is 0 Å². The minimum atomic E-state index is -0.0838. The molecule has 0 amide bonds. The van der Waals surface area contributed by atoms with Gasteiger partial charge < -0.3 is 9.47 Å². The van der Waals surface area contributed by atoms with Gasteiger partial charge in [0.05, 0.1) is 0 Å². The number of ether oxygens (including phenoxy) is 2. The lowest BCUT2D eigenvalue weighted by atomic mass is 10.1. The summed E-state index contributed by atoms with van der Waals surface area (Å²) < 4.78 is 11.0. The van der Waals surface area contributed by atoms with Crippen molar-refractivity contribution in [2.24, 2.45) is 0 Å². The van der Waals surface area contributed by atoms with E-state index in [0.29, 0.717) is 23.6 Å². The van der Waals surface area contributed by atoms with E-state index in [9.17, 15) is 4.79 Å². The van der Waals surface area contributed by atoms with E-state index in [2.05, 4.69) is 22.6 Å². The van der Waals surface area contributed by atoms with Gasteiger partial charge in [-0.2, -0.15) is 0 Å². The Morgan fingerprint density at radius 2 is 1.93 bits per heavy atom. The molecule has 0 aliphatic carbocycles. The van der Waals surface area contributed by atoms with Gasteiger partial charge in [-0.1, -0.05) is 35.4 Å². The highest BCUT2D eigenvalue weighted by Crippen LogP contribution is 2.13. The van der Waals surface area contributed by atoms with E-state index in [4.69, 9.17) is 9.47 Å². The van der Waals surface area contributed by atoms with E-state index in [1.165, 1.54) is 12.8 Å². The molecule has 0 bridgehead atoms. The molecule has 88 valence electrons. The maximum atomic E-state index is 11.2. The van der Waals surface area contributed by atoms with Crippen LogP contribution in [0.15, 0.2) is 0 Å². The Bertz CT molecular complexity index is 185. The molecule has 0 spiro atoms. The van der Waals surface area contributed by atoms with Crippen molar-refractivity contribution < 1.29 is 14.3 Å². The molecule has 0 aromatic heterocycles. The van der Waals surface area contributed by atoms with Gasteiger partial charge in [0.2, 0.25) is 0 Å². The highest BCUT2D eigenvalue weighted by molar-refractivity contribution is 14.1. The smallest absolute Gasteiger partial charge is 0.305 e. The lowest BCUT2D eigenvalue weighted by molar-refractivity contribution is -0.143. The van der Waals surface area contributed by atoms with E-state index in [1.54, 1.807) is 0 Å². The third-order valence-electron chi connectivity index (χ3n) is 2.40. The van der Waals surface area contributed by atoms with Crippen molar-refractivity contribution in [1.29, 1.82) is 0 Å². The molecule has 1 fully saturated rings. The first kappa shape index (κ1) is 13.2. The second-order valence-electron chi connectivity index (χ2n) is 3.85. The molecule has 1 atom stereocenters. The first-order valence-corrected chi connectivity index (χ1v) is 6.91. The zero-order valence-corrected chi connectivity index (χ0v) is 11.2. The van der Waals surface area contributed by atoms with Crippen LogP contribution in [-0.4, -0.2) is 29.7 Å². The summed E-state index contributed by atoms with van der Waals surface area (Å²) in [5.41, 5.74) is 0. The SMILES string of the molecule is O=C1CCCOCCCCCC(I)CO1. The number of halogens is 1. The second-order valence-corrected chi connectivity index (χ2v) is 5.61. The molecule has 1 heterocycles. The van der Waals surface area contributed by atoms with Gasteiger partial charge in [0, 0.05) is 23.6 Å². The van der Waals surface area contributed by atoms with Crippen LogP contribution >= 0.6 is 22.6 Å². The monoisotopic (exact) mass is 326 g/mol. The molecular formula is C11H19IO3. The van der Waals surface area contributed by atoms with Crippen LogP contribution in [0.25, 0.3) is 0 Å². The van der Waals surface area contributed by atoms with Crippen molar-refractivity contribution in [3.63, 3.8) is 0 Å². The van der Waals surface area contributed by atoms with Crippen molar-refractivity contribution in [3.05, 3.63) is 0 Å². The summed E-state index contributed by atoms with van der Waals surface area (Å²) >= 11 is 2.36. The molecule has 0 aromatic rings. The molecule has 0 aromatic carbocycles. The lowest BCUT2D eigenvalue weighted by Crippen LogP contribution is -2.13. The number of carbonyl (C=O) groups excluding carboxylic acids is 1. The van der Waals surface area contributed by atoms with E-state index in [0.717, 1.165) is 25.9 Å². The van der Waals surface area contributed by atoms with Crippen LogP contribution in [0.5, 0.6) is 0 Å². The Hall–Kier alpha value is 0.160. The lowest BCUT2D eigenvalue weighted by Gasteiger charge is -2.09. The highest BCUT2D eigenvalue weighted by atomic mass is 127. The number of rotatable bonds is 0. The Balaban J connectivity index is 2.25. The fourth-order valence-corrected chi connectivity index (χ4v) is 2.13. The number of hydrogen-bond acceptors (Lipinski definition) is 3. The third kappa shape index (κ3) is 7.11. The molecule has 4 heteroatoms. The number of esters is 1. The molecule has 0 saturated carbocycles. The summed E-state index contributed by atoms with van der Waals surface area (Å²) in [6.45, 7) is 2.09. The van der Waals surface area contributed by atoms with E-state index < -0.39 is 0 Å².